The summed E-state index contributed by atoms with van der Waals surface area (Å²) in [4.78, 5) is 15.2. The molecule has 0 saturated heterocycles. The standard InChI is InChI=1S/C14H8ClFN2O2/c15-10-3-2-9(16)6-12(10)18-7-17-11-4-1-8(14(19)20)5-13(11)18/h1-7H,(H,19,20). The molecule has 1 aromatic heterocycles. The van der Waals surface area contributed by atoms with Crippen LogP contribution in [0, 0.1) is 5.82 Å². The third-order valence-corrected chi connectivity index (χ3v) is 3.28. The topological polar surface area (TPSA) is 55.1 Å². The number of carbonyl (C=O) groups is 1. The quantitative estimate of drug-likeness (QED) is 0.785. The van der Waals surface area contributed by atoms with Gasteiger partial charge in [-0.1, -0.05) is 11.6 Å². The highest BCUT2D eigenvalue weighted by atomic mass is 35.5. The summed E-state index contributed by atoms with van der Waals surface area (Å²) in [6.45, 7) is 0. The number of carboxylic acid groups (broad SMARTS) is 1. The van der Waals surface area contributed by atoms with E-state index in [1.807, 2.05) is 0 Å². The first-order valence-electron chi connectivity index (χ1n) is 5.72. The van der Waals surface area contributed by atoms with Crippen LogP contribution < -0.4 is 0 Å². The zero-order valence-corrected chi connectivity index (χ0v) is 10.8. The smallest absolute Gasteiger partial charge is 0.335 e. The highest BCUT2D eigenvalue weighted by molar-refractivity contribution is 6.32. The molecule has 1 N–H and O–H groups in total. The van der Waals surface area contributed by atoms with Gasteiger partial charge in [0.25, 0.3) is 0 Å². The van der Waals surface area contributed by atoms with Crippen LogP contribution in [0.3, 0.4) is 0 Å². The molecule has 0 spiro atoms. The number of halogens is 2. The Morgan fingerprint density at radius 2 is 2.05 bits per heavy atom. The Morgan fingerprint density at radius 1 is 1.25 bits per heavy atom. The van der Waals surface area contributed by atoms with E-state index in [1.165, 1.54) is 36.7 Å². The number of rotatable bonds is 2. The second-order valence-corrected chi connectivity index (χ2v) is 4.63. The summed E-state index contributed by atoms with van der Waals surface area (Å²) in [6.07, 6.45) is 1.48. The number of nitrogens with zero attached hydrogens (tertiary/aromatic N) is 2. The lowest BCUT2D eigenvalue weighted by molar-refractivity contribution is 0.0697. The molecule has 2 aromatic carbocycles. The molecule has 0 saturated carbocycles. The van der Waals surface area contributed by atoms with Crippen LogP contribution in [0.5, 0.6) is 0 Å². The molecule has 0 aliphatic carbocycles. The Labute approximate surface area is 118 Å². The molecule has 4 nitrogen and oxygen atoms in total. The molecule has 3 aromatic rings. The first-order chi connectivity index (χ1) is 9.56. The summed E-state index contributed by atoms with van der Waals surface area (Å²) in [5.41, 5.74) is 1.70. The molecule has 0 amide bonds. The molecule has 0 unspecified atom stereocenters. The van der Waals surface area contributed by atoms with Crippen LogP contribution in [0.25, 0.3) is 16.7 Å². The van der Waals surface area contributed by atoms with Crippen molar-refractivity contribution in [3.05, 3.63) is 59.1 Å². The molecule has 6 heteroatoms. The summed E-state index contributed by atoms with van der Waals surface area (Å²) in [5.74, 6) is -1.47. The zero-order chi connectivity index (χ0) is 14.3. The van der Waals surface area contributed by atoms with Crippen LogP contribution in [0.1, 0.15) is 10.4 Å². The van der Waals surface area contributed by atoms with E-state index in [0.717, 1.165) is 0 Å². The number of fused-ring (bicyclic) bond motifs is 1. The van der Waals surface area contributed by atoms with Crippen molar-refractivity contribution in [2.45, 2.75) is 0 Å². The minimum Gasteiger partial charge on any atom is -0.478 e. The molecular weight excluding hydrogens is 283 g/mol. The molecule has 3 rings (SSSR count). The van der Waals surface area contributed by atoms with E-state index >= 15 is 0 Å². The Morgan fingerprint density at radius 3 is 2.80 bits per heavy atom. The Bertz CT molecular complexity index is 829. The van der Waals surface area contributed by atoms with E-state index in [-0.39, 0.29) is 5.56 Å². The van der Waals surface area contributed by atoms with Crippen molar-refractivity contribution in [2.24, 2.45) is 0 Å². The van der Waals surface area contributed by atoms with Crippen LogP contribution >= 0.6 is 11.6 Å². The molecule has 1 heterocycles. The van der Waals surface area contributed by atoms with Crippen molar-refractivity contribution in [2.75, 3.05) is 0 Å². The van der Waals surface area contributed by atoms with Crippen molar-refractivity contribution in [3.63, 3.8) is 0 Å². The maximum Gasteiger partial charge on any atom is 0.335 e. The maximum atomic E-state index is 13.4. The fourth-order valence-corrected chi connectivity index (χ4v) is 2.21. The number of aromatic nitrogens is 2. The molecule has 0 aliphatic rings. The Balaban J connectivity index is 2.28. The minimum atomic E-state index is -1.04. The first kappa shape index (κ1) is 12.6. The highest BCUT2D eigenvalue weighted by Gasteiger charge is 2.11. The number of benzene rings is 2. The van der Waals surface area contributed by atoms with Gasteiger partial charge in [0, 0.05) is 0 Å². The summed E-state index contributed by atoms with van der Waals surface area (Å²) in [7, 11) is 0. The predicted molar refractivity (Wildman–Crippen MR) is 73.0 cm³/mol. The lowest BCUT2D eigenvalue weighted by Gasteiger charge is -2.07. The normalized spacial score (nSPS) is 10.9. The maximum absolute atomic E-state index is 13.4. The Hall–Kier alpha value is -2.40. The predicted octanol–water partition coefficient (Wildman–Crippen LogP) is 3.52. The van der Waals surface area contributed by atoms with E-state index < -0.39 is 11.8 Å². The fraction of sp³-hybridized carbons (Fsp3) is 0. The Kier molecular flexibility index (Phi) is 2.91. The minimum absolute atomic E-state index is 0.131. The van der Waals surface area contributed by atoms with Gasteiger partial charge in [-0.15, -0.1) is 0 Å². The zero-order valence-electron chi connectivity index (χ0n) is 10.0. The molecule has 100 valence electrons. The first-order valence-corrected chi connectivity index (χ1v) is 6.10. The monoisotopic (exact) mass is 290 g/mol. The van der Waals surface area contributed by atoms with Crippen LogP contribution in [0.2, 0.25) is 5.02 Å². The van der Waals surface area contributed by atoms with E-state index in [2.05, 4.69) is 4.98 Å². The van der Waals surface area contributed by atoms with Gasteiger partial charge in [0.2, 0.25) is 0 Å². The van der Waals surface area contributed by atoms with Crippen LogP contribution in [0.15, 0.2) is 42.7 Å². The van der Waals surface area contributed by atoms with Gasteiger partial charge in [-0.25, -0.2) is 14.2 Å². The summed E-state index contributed by atoms with van der Waals surface area (Å²) < 4.78 is 14.9. The summed E-state index contributed by atoms with van der Waals surface area (Å²) in [5, 5.41) is 9.38. The summed E-state index contributed by atoms with van der Waals surface area (Å²) >= 11 is 6.06. The average molecular weight is 291 g/mol. The third-order valence-electron chi connectivity index (χ3n) is 2.96. The van der Waals surface area contributed by atoms with Crippen molar-refractivity contribution in [1.29, 1.82) is 0 Å². The van der Waals surface area contributed by atoms with Gasteiger partial charge >= 0.3 is 5.97 Å². The van der Waals surface area contributed by atoms with Crippen LogP contribution in [-0.4, -0.2) is 20.6 Å². The van der Waals surface area contributed by atoms with Gasteiger partial charge in [-0.3, -0.25) is 4.57 Å². The molecule has 0 aliphatic heterocycles. The van der Waals surface area contributed by atoms with E-state index in [0.29, 0.717) is 21.7 Å². The van der Waals surface area contributed by atoms with Crippen molar-refractivity contribution < 1.29 is 14.3 Å². The highest BCUT2D eigenvalue weighted by Crippen LogP contribution is 2.26. The number of hydrogen-bond donors (Lipinski definition) is 1. The van der Waals surface area contributed by atoms with Crippen LogP contribution in [-0.2, 0) is 0 Å². The van der Waals surface area contributed by atoms with Gasteiger partial charge < -0.3 is 5.11 Å². The van der Waals surface area contributed by atoms with Gasteiger partial charge in [-0.2, -0.15) is 0 Å². The third kappa shape index (κ3) is 2.02. The van der Waals surface area contributed by atoms with Gasteiger partial charge in [0.15, 0.2) is 0 Å². The molecule has 0 fully saturated rings. The lowest BCUT2D eigenvalue weighted by atomic mass is 10.2. The number of imidazole rings is 1. The fourth-order valence-electron chi connectivity index (χ4n) is 2.00. The number of hydrogen-bond acceptors (Lipinski definition) is 2. The van der Waals surface area contributed by atoms with E-state index in [9.17, 15) is 9.18 Å². The SMILES string of the molecule is O=C(O)c1ccc2ncn(-c3cc(F)ccc3Cl)c2c1. The molecule has 0 bridgehead atoms. The number of aromatic carboxylic acids is 1. The molecular formula is C14H8ClFN2O2. The summed E-state index contributed by atoms with van der Waals surface area (Å²) in [6, 6.07) is 8.52. The lowest BCUT2D eigenvalue weighted by Crippen LogP contribution is -1.98. The van der Waals surface area contributed by atoms with Gasteiger partial charge in [-0.05, 0) is 36.4 Å². The van der Waals surface area contributed by atoms with Crippen LogP contribution in [0.4, 0.5) is 4.39 Å². The second kappa shape index (κ2) is 4.61. The number of carboxylic acids is 1. The van der Waals surface area contributed by atoms with E-state index in [4.69, 9.17) is 16.7 Å². The molecule has 20 heavy (non-hydrogen) atoms. The molecule has 0 radical (unpaired) electrons. The van der Waals surface area contributed by atoms with Crippen molar-refractivity contribution in [3.8, 4) is 5.69 Å². The van der Waals surface area contributed by atoms with E-state index in [1.54, 1.807) is 10.6 Å². The second-order valence-electron chi connectivity index (χ2n) is 4.22. The van der Waals surface area contributed by atoms with Crippen molar-refractivity contribution in [1.82, 2.24) is 9.55 Å². The average Bonchev–Trinajstić information content (AvgIpc) is 2.84. The van der Waals surface area contributed by atoms with Gasteiger partial charge in [0.1, 0.15) is 12.1 Å². The largest absolute Gasteiger partial charge is 0.478 e. The molecule has 0 atom stereocenters. The van der Waals surface area contributed by atoms with Crippen molar-refractivity contribution >= 4 is 28.6 Å². The van der Waals surface area contributed by atoms with Gasteiger partial charge in [0.05, 0.1) is 27.3 Å².